The molecule has 1 N–H and O–H groups in total. The molecule has 2 rings (SSSR count). The summed E-state index contributed by atoms with van der Waals surface area (Å²) in [5.41, 5.74) is 5.67. The fourth-order valence-electron chi connectivity index (χ4n) is 2.07. The molecule has 0 atom stereocenters. The molecule has 1 heterocycles. The summed E-state index contributed by atoms with van der Waals surface area (Å²) < 4.78 is 0. The van der Waals surface area contributed by atoms with Gasteiger partial charge in [0.05, 0.1) is 11.9 Å². The first-order chi connectivity index (χ1) is 13.3. The summed E-state index contributed by atoms with van der Waals surface area (Å²) in [7, 11) is 3.97. The van der Waals surface area contributed by atoms with Gasteiger partial charge in [-0.3, -0.25) is 4.79 Å². The molecule has 28 heavy (non-hydrogen) atoms. The van der Waals surface area contributed by atoms with Gasteiger partial charge in [0.2, 0.25) is 0 Å². The zero-order valence-electron chi connectivity index (χ0n) is 18.0. The van der Waals surface area contributed by atoms with E-state index >= 15 is 0 Å². The zero-order chi connectivity index (χ0) is 22.1. The molecule has 5 heteroatoms. The highest BCUT2D eigenvalue weighted by Gasteiger charge is 1.99. The number of aldehydes is 1. The maximum absolute atomic E-state index is 9.54. The normalized spacial score (nSPS) is 8.36. The van der Waals surface area contributed by atoms with Crippen LogP contribution in [0.2, 0.25) is 0 Å². The lowest BCUT2D eigenvalue weighted by atomic mass is 10.1. The van der Waals surface area contributed by atoms with Crippen LogP contribution in [-0.4, -0.2) is 32.2 Å². The van der Waals surface area contributed by atoms with E-state index in [4.69, 9.17) is 4.79 Å². The summed E-state index contributed by atoms with van der Waals surface area (Å²) in [6.07, 6.45) is 4.17. The minimum absolute atomic E-state index is 0.787. The van der Waals surface area contributed by atoms with Crippen LogP contribution in [0.3, 0.4) is 0 Å². The summed E-state index contributed by atoms with van der Waals surface area (Å²) >= 11 is 0. The number of aryl methyl sites for hydroxylation is 2. The van der Waals surface area contributed by atoms with Gasteiger partial charge in [0.1, 0.15) is 18.9 Å². The quantitative estimate of drug-likeness (QED) is 0.442. The van der Waals surface area contributed by atoms with Crippen molar-refractivity contribution < 1.29 is 9.59 Å². The van der Waals surface area contributed by atoms with E-state index in [0.29, 0.717) is 0 Å². The maximum atomic E-state index is 9.54. The Morgan fingerprint density at radius 1 is 1.00 bits per heavy atom. The molecular formula is C23H33N3O2. The van der Waals surface area contributed by atoms with Gasteiger partial charge in [-0.25, -0.2) is 4.98 Å². The second kappa shape index (κ2) is 16.0. The molecule has 0 bridgehead atoms. The maximum Gasteiger partial charge on any atom is 0.142 e. The van der Waals surface area contributed by atoms with Crippen LogP contribution < -0.4 is 10.2 Å². The Hall–Kier alpha value is -3.21. The van der Waals surface area contributed by atoms with Crippen LogP contribution in [0.25, 0.3) is 0 Å². The van der Waals surface area contributed by atoms with E-state index in [-0.39, 0.29) is 0 Å². The fraction of sp³-hybridized carbons (Fsp3) is 0.261. The van der Waals surface area contributed by atoms with Crippen LogP contribution in [0, 0.1) is 13.8 Å². The lowest BCUT2D eigenvalue weighted by Crippen LogP contribution is -2.10. The smallest absolute Gasteiger partial charge is 0.142 e. The average molecular weight is 384 g/mol. The van der Waals surface area contributed by atoms with Crippen molar-refractivity contribution in [2.75, 3.05) is 24.3 Å². The number of allylic oxidation sites excluding steroid dienone is 2. The minimum atomic E-state index is 0.787. The Labute approximate surface area is 169 Å². The van der Waals surface area contributed by atoms with Gasteiger partial charge in [0, 0.05) is 19.8 Å². The SMILES string of the molecule is C=C.C=O.CC(C)=CC=O.Cc1cc(C)cc(Nc2ccc(N(C)C)nc2)c1. The van der Waals surface area contributed by atoms with Gasteiger partial charge in [0.25, 0.3) is 0 Å². The summed E-state index contributed by atoms with van der Waals surface area (Å²) in [4.78, 5) is 23.9. The van der Waals surface area contributed by atoms with E-state index in [1.807, 2.05) is 58.0 Å². The standard InChI is InChI=1S/C15H19N3.C5H8O.C2H4.CH2O/c1-11-7-12(2)9-14(8-11)17-13-5-6-15(16-10-13)18(3)4;1-5(2)3-4-6;2*1-2/h5-10,17H,1-4H3;3-4H,1-2H3;1-2H2;1H2. The molecule has 0 amide bonds. The molecule has 0 aliphatic rings. The largest absolute Gasteiger partial charge is 0.363 e. The van der Waals surface area contributed by atoms with Crippen LogP contribution in [0.15, 0.2) is 61.3 Å². The number of anilines is 3. The molecule has 2 aromatic rings. The van der Waals surface area contributed by atoms with E-state index in [1.165, 1.54) is 17.2 Å². The third-order valence-corrected chi connectivity index (χ3v) is 3.12. The number of aromatic nitrogens is 1. The molecule has 0 saturated carbocycles. The van der Waals surface area contributed by atoms with Gasteiger partial charge in [0.15, 0.2) is 0 Å². The summed E-state index contributed by atoms with van der Waals surface area (Å²) in [5, 5.41) is 3.37. The number of hydrogen-bond acceptors (Lipinski definition) is 5. The molecule has 0 radical (unpaired) electrons. The molecule has 0 fully saturated rings. The predicted octanol–water partition coefficient (Wildman–Crippen LogP) is 5.28. The van der Waals surface area contributed by atoms with Crippen molar-refractivity contribution in [1.29, 1.82) is 0 Å². The first-order valence-electron chi connectivity index (χ1n) is 8.68. The Balaban J connectivity index is 0. The van der Waals surface area contributed by atoms with Crippen LogP contribution in [0.4, 0.5) is 17.2 Å². The monoisotopic (exact) mass is 383 g/mol. The Morgan fingerprint density at radius 2 is 1.54 bits per heavy atom. The summed E-state index contributed by atoms with van der Waals surface area (Å²) in [6.45, 7) is 16.0. The highest BCUT2D eigenvalue weighted by Crippen LogP contribution is 2.20. The van der Waals surface area contributed by atoms with Crippen molar-refractivity contribution in [3.05, 3.63) is 72.5 Å². The molecule has 0 spiro atoms. The van der Waals surface area contributed by atoms with E-state index in [0.717, 1.165) is 29.1 Å². The number of nitrogens with zero attached hydrogens (tertiary/aromatic N) is 2. The number of benzene rings is 1. The highest BCUT2D eigenvalue weighted by molar-refractivity contribution is 5.65. The van der Waals surface area contributed by atoms with Crippen molar-refractivity contribution in [3.63, 3.8) is 0 Å². The van der Waals surface area contributed by atoms with Crippen LogP contribution in [-0.2, 0) is 9.59 Å². The van der Waals surface area contributed by atoms with E-state index in [9.17, 15) is 4.79 Å². The Bertz CT molecular complexity index is 697. The molecule has 0 aliphatic heterocycles. The second-order valence-electron chi connectivity index (χ2n) is 6.18. The number of carbonyl (C=O) groups excluding carboxylic acids is 2. The lowest BCUT2D eigenvalue weighted by molar-refractivity contribution is -0.104. The molecule has 0 saturated heterocycles. The van der Waals surface area contributed by atoms with Crippen molar-refractivity contribution in [2.45, 2.75) is 27.7 Å². The van der Waals surface area contributed by atoms with Crippen LogP contribution in [0.5, 0.6) is 0 Å². The Kier molecular flexibility index (Phi) is 15.4. The molecule has 0 unspecified atom stereocenters. The van der Waals surface area contributed by atoms with E-state index in [2.05, 4.69) is 55.5 Å². The number of carbonyl (C=O) groups is 2. The topological polar surface area (TPSA) is 62.3 Å². The van der Waals surface area contributed by atoms with E-state index < -0.39 is 0 Å². The lowest BCUT2D eigenvalue weighted by Gasteiger charge is -2.12. The van der Waals surface area contributed by atoms with Crippen molar-refractivity contribution >= 4 is 30.3 Å². The fourth-order valence-corrected chi connectivity index (χ4v) is 2.07. The number of rotatable bonds is 4. The predicted molar refractivity (Wildman–Crippen MR) is 122 cm³/mol. The number of pyridine rings is 1. The van der Waals surface area contributed by atoms with Gasteiger partial charge >= 0.3 is 0 Å². The molecule has 5 nitrogen and oxygen atoms in total. The summed E-state index contributed by atoms with van der Waals surface area (Å²) in [5.74, 6) is 0.959. The van der Waals surface area contributed by atoms with Gasteiger partial charge in [-0.05, 0) is 69.2 Å². The van der Waals surface area contributed by atoms with Crippen LogP contribution in [0.1, 0.15) is 25.0 Å². The molecule has 1 aromatic heterocycles. The number of nitrogens with one attached hydrogen (secondary N) is 1. The number of hydrogen-bond donors (Lipinski definition) is 1. The average Bonchev–Trinajstić information content (AvgIpc) is 2.65. The third-order valence-electron chi connectivity index (χ3n) is 3.12. The van der Waals surface area contributed by atoms with Crippen LogP contribution >= 0.6 is 0 Å². The molecule has 1 aromatic carbocycles. The highest BCUT2D eigenvalue weighted by atomic mass is 16.1. The molecule has 0 aliphatic carbocycles. The third kappa shape index (κ3) is 12.2. The first kappa shape index (κ1) is 27.0. The van der Waals surface area contributed by atoms with E-state index in [1.54, 1.807) is 0 Å². The summed E-state index contributed by atoms with van der Waals surface area (Å²) in [6, 6.07) is 10.5. The van der Waals surface area contributed by atoms with Crippen molar-refractivity contribution in [2.24, 2.45) is 0 Å². The zero-order valence-corrected chi connectivity index (χ0v) is 18.0. The Morgan fingerprint density at radius 3 is 1.86 bits per heavy atom. The molecule has 152 valence electrons. The van der Waals surface area contributed by atoms with Crippen molar-refractivity contribution in [1.82, 2.24) is 4.98 Å². The van der Waals surface area contributed by atoms with Gasteiger partial charge in [-0.1, -0.05) is 11.6 Å². The van der Waals surface area contributed by atoms with Gasteiger partial charge in [-0.15, -0.1) is 13.2 Å². The van der Waals surface area contributed by atoms with Gasteiger partial charge < -0.3 is 15.0 Å². The minimum Gasteiger partial charge on any atom is -0.363 e. The van der Waals surface area contributed by atoms with Gasteiger partial charge in [-0.2, -0.15) is 0 Å². The first-order valence-corrected chi connectivity index (χ1v) is 8.68. The second-order valence-corrected chi connectivity index (χ2v) is 6.18. The van der Waals surface area contributed by atoms with Crippen molar-refractivity contribution in [3.8, 4) is 0 Å². The molecular weight excluding hydrogens is 350 g/mol.